The van der Waals surface area contributed by atoms with Gasteiger partial charge in [-0.2, -0.15) is 0 Å². The van der Waals surface area contributed by atoms with E-state index in [-0.39, 0.29) is 18.1 Å². The Hall–Kier alpha value is -1.79. The van der Waals surface area contributed by atoms with Crippen LogP contribution in [0, 0.1) is 0 Å². The molecule has 23 heavy (non-hydrogen) atoms. The fraction of sp³-hybridized carbons (Fsp3) is 0.588. The number of nitrogens with one attached hydrogen (secondary N) is 1. The van der Waals surface area contributed by atoms with Gasteiger partial charge in [0.25, 0.3) is 0 Å². The average molecular weight is 322 g/mol. The Balaban J connectivity index is 1.86. The number of hydrogen-bond acceptors (Lipinski definition) is 5. The third-order valence-electron chi connectivity index (χ3n) is 4.18. The van der Waals surface area contributed by atoms with Crippen molar-refractivity contribution < 1.29 is 19.0 Å². The van der Waals surface area contributed by atoms with Gasteiger partial charge in [0.15, 0.2) is 11.5 Å². The van der Waals surface area contributed by atoms with Gasteiger partial charge in [-0.15, -0.1) is 0 Å². The zero-order valence-electron chi connectivity index (χ0n) is 14.3. The molecule has 0 radical (unpaired) electrons. The van der Waals surface area contributed by atoms with E-state index in [9.17, 15) is 4.79 Å². The van der Waals surface area contributed by atoms with Crippen LogP contribution in [0.1, 0.15) is 25.8 Å². The first-order valence-corrected chi connectivity index (χ1v) is 7.90. The molecule has 1 heterocycles. The van der Waals surface area contributed by atoms with Gasteiger partial charge in [-0.25, -0.2) is 0 Å². The van der Waals surface area contributed by atoms with Gasteiger partial charge in [0, 0.05) is 19.6 Å². The Kier molecular flexibility index (Phi) is 6.24. The summed E-state index contributed by atoms with van der Waals surface area (Å²) >= 11 is 0. The number of carbonyl (C=O) groups excluding carboxylic acids is 1. The first-order chi connectivity index (χ1) is 11.0. The molecule has 0 saturated carbocycles. The third kappa shape index (κ3) is 4.84. The quantitative estimate of drug-likeness (QED) is 0.739. The second-order valence-electron chi connectivity index (χ2n) is 5.89. The summed E-state index contributed by atoms with van der Waals surface area (Å²) in [5.41, 5.74) is 1.19. The van der Waals surface area contributed by atoms with Crippen LogP contribution in [0.15, 0.2) is 18.2 Å². The number of carbonyl (C=O) groups is 1. The van der Waals surface area contributed by atoms with E-state index in [0.717, 1.165) is 17.9 Å². The number of methoxy groups -OCH3 is 1. The molecule has 1 aromatic carbocycles. The van der Waals surface area contributed by atoms with E-state index in [1.807, 2.05) is 26.1 Å². The fourth-order valence-corrected chi connectivity index (χ4v) is 2.54. The Morgan fingerprint density at radius 2 is 2.09 bits per heavy atom. The van der Waals surface area contributed by atoms with Crippen LogP contribution in [0.3, 0.4) is 0 Å². The summed E-state index contributed by atoms with van der Waals surface area (Å²) in [6.07, 6.45) is 1.21. The number of benzene rings is 1. The fourth-order valence-electron chi connectivity index (χ4n) is 2.54. The van der Waals surface area contributed by atoms with Crippen LogP contribution in [0.2, 0.25) is 0 Å². The van der Waals surface area contributed by atoms with E-state index in [2.05, 4.69) is 23.2 Å². The van der Waals surface area contributed by atoms with Crippen molar-refractivity contribution in [1.29, 1.82) is 0 Å². The molecule has 0 bridgehead atoms. The normalized spacial score (nSPS) is 15.5. The highest BCUT2D eigenvalue weighted by Crippen LogP contribution is 2.32. The second kappa shape index (κ2) is 8.17. The molecular weight excluding hydrogens is 296 g/mol. The molecule has 0 spiro atoms. The standard InChI is InChI=1S/C17H26N2O4/c1-12(19(3)13(2)18-17(20)7-8-21-4)9-14-5-6-15-16(10-14)23-11-22-15/h5-6,10,12-13H,7-9,11H2,1-4H3,(H,18,20). The molecule has 1 N–H and O–H groups in total. The lowest BCUT2D eigenvalue weighted by Gasteiger charge is -2.31. The number of rotatable bonds is 8. The molecule has 1 aliphatic rings. The van der Waals surface area contributed by atoms with Crippen molar-refractivity contribution in [2.24, 2.45) is 0 Å². The van der Waals surface area contributed by atoms with Gasteiger partial charge >= 0.3 is 0 Å². The van der Waals surface area contributed by atoms with Crippen LogP contribution in [-0.4, -0.2) is 50.6 Å². The maximum atomic E-state index is 11.8. The van der Waals surface area contributed by atoms with Crippen molar-refractivity contribution >= 4 is 5.91 Å². The lowest BCUT2D eigenvalue weighted by Crippen LogP contribution is -2.48. The Morgan fingerprint density at radius 1 is 1.35 bits per heavy atom. The Bertz CT molecular complexity index is 535. The van der Waals surface area contributed by atoms with Gasteiger partial charge in [0.2, 0.25) is 12.7 Å². The van der Waals surface area contributed by atoms with Crippen LogP contribution in [0.25, 0.3) is 0 Å². The topological polar surface area (TPSA) is 60.0 Å². The molecule has 1 aromatic rings. The van der Waals surface area contributed by atoms with Gasteiger partial charge in [-0.3, -0.25) is 9.69 Å². The van der Waals surface area contributed by atoms with Crippen LogP contribution in [0.5, 0.6) is 11.5 Å². The lowest BCUT2D eigenvalue weighted by atomic mass is 10.1. The number of likely N-dealkylation sites (N-methyl/N-ethyl adjacent to an activating group) is 1. The Morgan fingerprint density at radius 3 is 2.83 bits per heavy atom. The average Bonchev–Trinajstić information content (AvgIpc) is 2.99. The van der Waals surface area contributed by atoms with Gasteiger partial charge in [0.1, 0.15) is 0 Å². The first-order valence-electron chi connectivity index (χ1n) is 7.90. The smallest absolute Gasteiger partial charge is 0.231 e. The summed E-state index contributed by atoms with van der Waals surface area (Å²) in [5.74, 6) is 1.60. The first kappa shape index (κ1) is 17.6. The van der Waals surface area contributed by atoms with E-state index in [4.69, 9.17) is 14.2 Å². The summed E-state index contributed by atoms with van der Waals surface area (Å²) in [5, 5.41) is 2.99. The minimum atomic E-state index is -0.0385. The molecule has 2 rings (SSSR count). The minimum absolute atomic E-state index is 0.00137. The molecule has 0 aliphatic carbocycles. The van der Waals surface area contributed by atoms with E-state index in [1.165, 1.54) is 5.56 Å². The third-order valence-corrected chi connectivity index (χ3v) is 4.18. The highest BCUT2D eigenvalue weighted by Gasteiger charge is 2.19. The molecule has 2 atom stereocenters. The Labute approximate surface area is 137 Å². The van der Waals surface area contributed by atoms with E-state index < -0.39 is 0 Å². The van der Waals surface area contributed by atoms with Crippen LogP contribution in [-0.2, 0) is 16.0 Å². The number of amides is 1. The number of nitrogens with zero attached hydrogens (tertiary/aromatic N) is 1. The highest BCUT2D eigenvalue weighted by molar-refractivity contribution is 5.76. The monoisotopic (exact) mass is 322 g/mol. The van der Waals surface area contributed by atoms with E-state index >= 15 is 0 Å². The van der Waals surface area contributed by atoms with Crippen LogP contribution in [0.4, 0.5) is 0 Å². The number of hydrogen-bond donors (Lipinski definition) is 1. The van der Waals surface area contributed by atoms with Crippen LogP contribution < -0.4 is 14.8 Å². The summed E-state index contributed by atoms with van der Waals surface area (Å²) in [7, 11) is 3.61. The summed E-state index contributed by atoms with van der Waals surface area (Å²) in [4.78, 5) is 13.9. The predicted molar refractivity (Wildman–Crippen MR) is 87.6 cm³/mol. The van der Waals surface area contributed by atoms with Crippen molar-refractivity contribution in [1.82, 2.24) is 10.2 Å². The summed E-state index contributed by atoms with van der Waals surface area (Å²) in [6, 6.07) is 6.29. The maximum Gasteiger partial charge on any atom is 0.231 e. The zero-order chi connectivity index (χ0) is 16.8. The summed E-state index contributed by atoms with van der Waals surface area (Å²) in [6.45, 7) is 4.86. The van der Waals surface area contributed by atoms with E-state index in [0.29, 0.717) is 19.8 Å². The van der Waals surface area contributed by atoms with Crippen molar-refractivity contribution in [3.05, 3.63) is 23.8 Å². The molecule has 0 aromatic heterocycles. The van der Waals surface area contributed by atoms with Gasteiger partial charge in [-0.1, -0.05) is 6.07 Å². The molecule has 0 fully saturated rings. The number of fused-ring (bicyclic) bond motifs is 1. The lowest BCUT2D eigenvalue weighted by molar-refractivity contribution is -0.123. The molecule has 1 amide bonds. The van der Waals surface area contributed by atoms with Gasteiger partial charge in [0.05, 0.1) is 12.8 Å². The van der Waals surface area contributed by atoms with Crippen molar-refractivity contribution in [2.45, 2.75) is 38.9 Å². The largest absolute Gasteiger partial charge is 0.454 e. The molecule has 2 unspecified atom stereocenters. The molecule has 6 heteroatoms. The van der Waals surface area contributed by atoms with Crippen molar-refractivity contribution in [3.63, 3.8) is 0 Å². The molecule has 6 nitrogen and oxygen atoms in total. The molecule has 1 aliphatic heterocycles. The predicted octanol–water partition coefficient (Wildman–Crippen LogP) is 1.78. The molecular formula is C17H26N2O4. The van der Waals surface area contributed by atoms with Crippen LogP contribution >= 0.6 is 0 Å². The van der Waals surface area contributed by atoms with Gasteiger partial charge in [-0.05, 0) is 45.0 Å². The van der Waals surface area contributed by atoms with Gasteiger partial charge < -0.3 is 19.5 Å². The molecule has 0 saturated heterocycles. The minimum Gasteiger partial charge on any atom is -0.454 e. The zero-order valence-corrected chi connectivity index (χ0v) is 14.3. The molecule has 128 valence electrons. The van der Waals surface area contributed by atoms with Crippen molar-refractivity contribution in [2.75, 3.05) is 27.6 Å². The second-order valence-corrected chi connectivity index (χ2v) is 5.89. The summed E-state index contributed by atoms with van der Waals surface area (Å²) < 4.78 is 15.7. The SMILES string of the molecule is COCCC(=O)NC(C)N(C)C(C)Cc1ccc2c(c1)OCO2. The van der Waals surface area contributed by atoms with E-state index in [1.54, 1.807) is 7.11 Å². The number of ether oxygens (including phenoxy) is 3. The maximum absolute atomic E-state index is 11.8. The highest BCUT2D eigenvalue weighted by atomic mass is 16.7. The van der Waals surface area contributed by atoms with Crippen molar-refractivity contribution in [3.8, 4) is 11.5 Å².